The summed E-state index contributed by atoms with van der Waals surface area (Å²) in [6.45, 7) is 7.70. The monoisotopic (exact) mass is 249 g/mol. The molecule has 0 fully saturated rings. The van der Waals surface area contributed by atoms with Crippen molar-refractivity contribution >= 4 is 0 Å². The van der Waals surface area contributed by atoms with Crippen molar-refractivity contribution in [2.24, 2.45) is 5.92 Å². The summed E-state index contributed by atoms with van der Waals surface area (Å²) in [6, 6.07) is 2.47. The first-order valence-corrected chi connectivity index (χ1v) is 7.83. The first kappa shape index (κ1) is 17.5. The lowest BCUT2D eigenvalue weighted by molar-refractivity contribution is 0.477. The minimum Gasteiger partial charge on any atom is -0.198 e. The predicted molar refractivity (Wildman–Crippen MR) is 79.8 cm³/mol. The van der Waals surface area contributed by atoms with Crippen molar-refractivity contribution in [3.05, 3.63) is 13.8 Å². The summed E-state index contributed by atoms with van der Waals surface area (Å²) in [5.41, 5.74) is 0. The van der Waals surface area contributed by atoms with Crippen LogP contribution in [0.5, 0.6) is 0 Å². The lowest BCUT2D eigenvalue weighted by atomic mass is 9.95. The van der Waals surface area contributed by atoms with Crippen LogP contribution in [-0.2, 0) is 0 Å². The SMILES string of the molecule is [CH2]CCCCCCCCC(C#N)CCCCC[CH2]. The molecule has 1 nitrogen and oxygen atoms in total. The van der Waals surface area contributed by atoms with Gasteiger partial charge in [0.05, 0.1) is 6.07 Å². The second-order valence-corrected chi connectivity index (χ2v) is 5.29. The molecule has 0 amide bonds. The van der Waals surface area contributed by atoms with Gasteiger partial charge < -0.3 is 0 Å². The second kappa shape index (κ2) is 14.6. The van der Waals surface area contributed by atoms with Gasteiger partial charge in [-0.2, -0.15) is 5.26 Å². The fraction of sp³-hybridized carbons (Fsp3) is 0.824. The molecule has 0 aliphatic rings. The van der Waals surface area contributed by atoms with Crippen LogP contribution in [0, 0.1) is 31.1 Å². The third-order valence-electron chi connectivity index (χ3n) is 3.54. The van der Waals surface area contributed by atoms with E-state index in [1.165, 1.54) is 57.8 Å². The minimum absolute atomic E-state index is 0.301. The van der Waals surface area contributed by atoms with Gasteiger partial charge in [-0.25, -0.2) is 0 Å². The van der Waals surface area contributed by atoms with E-state index >= 15 is 0 Å². The first-order chi connectivity index (χ1) is 8.85. The van der Waals surface area contributed by atoms with Gasteiger partial charge in [-0.1, -0.05) is 84.5 Å². The van der Waals surface area contributed by atoms with Gasteiger partial charge in [0, 0.05) is 5.92 Å². The summed E-state index contributed by atoms with van der Waals surface area (Å²) in [5, 5.41) is 9.09. The summed E-state index contributed by atoms with van der Waals surface area (Å²) in [5.74, 6) is 0.301. The Bertz CT molecular complexity index is 192. The van der Waals surface area contributed by atoms with E-state index in [9.17, 15) is 0 Å². The average molecular weight is 249 g/mol. The minimum atomic E-state index is 0.301. The molecular formula is C17H31N. The Balaban J connectivity index is 3.31. The molecule has 0 saturated heterocycles. The summed E-state index contributed by atoms with van der Waals surface area (Å²) >= 11 is 0. The van der Waals surface area contributed by atoms with Crippen LogP contribution in [0.1, 0.15) is 83.5 Å². The van der Waals surface area contributed by atoms with Gasteiger partial charge in [-0.3, -0.25) is 0 Å². The molecule has 0 aliphatic carbocycles. The maximum Gasteiger partial charge on any atom is 0.0655 e. The van der Waals surface area contributed by atoms with Crippen molar-refractivity contribution in [1.82, 2.24) is 0 Å². The number of nitriles is 1. The van der Waals surface area contributed by atoms with Crippen LogP contribution in [0.4, 0.5) is 0 Å². The molecule has 0 rings (SSSR count). The summed E-state index contributed by atoms with van der Waals surface area (Å²) in [6.07, 6.45) is 15.8. The Labute approximate surface area is 115 Å². The molecule has 0 N–H and O–H groups in total. The van der Waals surface area contributed by atoms with E-state index in [2.05, 4.69) is 19.9 Å². The average Bonchev–Trinajstić information content (AvgIpc) is 2.40. The number of rotatable bonds is 13. The number of hydrogen-bond donors (Lipinski definition) is 0. The van der Waals surface area contributed by atoms with E-state index in [0.29, 0.717) is 5.92 Å². The van der Waals surface area contributed by atoms with Gasteiger partial charge >= 0.3 is 0 Å². The highest BCUT2D eigenvalue weighted by Crippen LogP contribution is 2.18. The van der Waals surface area contributed by atoms with Gasteiger partial charge in [0.1, 0.15) is 0 Å². The standard InChI is InChI=1S/C17H31N/c1-3-5-7-9-10-11-13-15-17(16-18)14-12-8-6-4-2/h17H,1-15H2. The van der Waals surface area contributed by atoms with E-state index < -0.39 is 0 Å². The molecule has 0 aromatic heterocycles. The molecule has 0 saturated carbocycles. The Morgan fingerprint density at radius 3 is 1.50 bits per heavy atom. The van der Waals surface area contributed by atoms with E-state index in [-0.39, 0.29) is 0 Å². The van der Waals surface area contributed by atoms with Crippen LogP contribution >= 0.6 is 0 Å². The van der Waals surface area contributed by atoms with Crippen molar-refractivity contribution in [2.75, 3.05) is 0 Å². The second-order valence-electron chi connectivity index (χ2n) is 5.29. The highest BCUT2D eigenvalue weighted by Gasteiger charge is 2.06. The molecule has 2 radical (unpaired) electrons. The number of unbranched alkanes of at least 4 members (excludes halogenated alkanes) is 9. The lowest BCUT2D eigenvalue weighted by Crippen LogP contribution is -1.97. The molecule has 18 heavy (non-hydrogen) atoms. The third-order valence-corrected chi connectivity index (χ3v) is 3.54. The molecule has 1 unspecified atom stereocenters. The maximum atomic E-state index is 9.09. The molecule has 0 spiro atoms. The van der Waals surface area contributed by atoms with Crippen molar-refractivity contribution in [2.45, 2.75) is 83.5 Å². The number of nitrogens with zero attached hydrogens (tertiary/aromatic N) is 1. The van der Waals surface area contributed by atoms with Gasteiger partial charge in [0.15, 0.2) is 0 Å². The van der Waals surface area contributed by atoms with Crippen molar-refractivity contribution in [1.29, 1.82) is 5.26 Å². The van der Waals surface area contributed by atoms with Crippen LogP contribution in [0.25, 0.3) is 0 Å². The summed E-state index contributed by atoms with van der Waals surface area (Å²) in [7, 11) is 0. The highest BCUT2D eigenvalue weighted by molar-refractivity contribution is 4.82. The lowest BCUT2D eigenvalue weighted by Gasteiger charge is -2.08. The zero-order valence-electron chi connectivity index (χ0n) is 12.1. The van der Waals surface area contributed by atoms with Gasteiger partial charge in [-0.05, 0) is 12.8 Å². The van der Waals surface area contributed by atoms with Crippen LogP contribution in [-0.4, -0.2) is 0 Å². The molecule has 0 aliphatic heterocycles. The molecule has 1 atom stereocenters. The van der Waals surface area contributed by atoms with Crippen LogP contribution in [0.3, 0.4) is 0 Å². The Morgan fingerprint density at radius 2 is 1.06 bits per heavy atom. The summed E-state index contributed by atoms with van der Waals surface area (Å²) < 4.78 is 0. The van der Waals surface area contributed by atoms with E-state index in [0.717, 1.165) is 25.7 Å². The fourth-order valence-corrected chi connectivity index (χ4v) is 2.29. The molecule has 0 aromatic rings. The van der Waals surface area contributed by atoms with Crippen molar-refractivity contribution in [3.8, 4) is 6.07 Å². The van der Waals surface area contributed by atoms with Gasteiger partial charge in [0.25, 0.3) is 0 Å². The van der Waals surface area contributed by atoms with E-state index in [1.807, 2.05) is 0 Å². The zero-order valence-corrected chi connectivity index (χ0v) is 12.1. The first-order valence-electron chi connectivity index (χ1n) is 7.83. The van der Waals surface area contributed by atoms with Crippen LogP contribution < -0.4 is 0 Å². The molecular weight excluding hydrogens is 218 g/mol. The molecule has 0 bridgehead atoms. The smallest absolute Gasteiger partial charge is 0.0655 e. The van der Waals surface area contributed by atoms with Crippen molar-refractivity contribution < 1.29 is 0 Å². The molecule has 104 valence electrons. The van der Waals surface area contributed by atoms with E-state index in [4.69, 9.17) is 5.26 Å². The highest BCUT2D eigenvalue weighted by atomic mass is 14.3. The van der Waals surface area contributed by atoms with Crippen molar-refractivity contribution in [3.63, 3.8) is 0 Å². The normalized spacial score (nSPS) is 12.3. The largest absolute Gasteiger partial charge is 0.198 e. The maximum absolute atomic E-state index is 9.09. The van der Waals surface area contributed by atoms with Gasteiger partial charge in [0.2, 0.25) is 0 Å². The van der Waals surface area contributed by atoms with Gasteiger partial charge in [-0.15, -0.1) is 0 Å². The van der Waals surface area contributed by atoms with Crippen LogP contribution in [0.15, 0.2) is 0 Å². The summed E-state index contributed by atoms with van der Waals surface area (Å²) in [4.78, 5) is 0. The zero-order chi connectivity index (χ0) is 13.5. The molecule has 1 heteroatoms. The third kappa shape index (κ3) is 12.0. The van der Waals surface area contributed by atoms with E-state index in [1.54, 1.807) is 0 Å². The number of hydrogen-bond acceptors (Lipinski definition) is 1. The topological polar surface area (TPSA) is 23.8 Å². The molecule has 0 heterocycles. The fourth-order valence-electron chi connectivity index (χ4n) is 2.29. The molecule has 0 aromatic carbocycles. The predicted octanol–water partition coefficient (Wildman–Crippen LogP) is 5.87. The quantitative estimate of drug-likeness (QED) is 0.375. The Hall–Kier alpha value is -0.510. The Kier molecular flexibility index (Phi) is 14.1. The Morgan fingerprint density at radius 1 is 0.667 bits per heavy atom. The van der Waals surface area contributed by atoms with Crippen LogP contribution in [0.2, 0.25) is 0 Å².